The van der Waals surface area contributed by atoms with E-state index in [2.05, 4.69) is 47.8 Å². The Morgan fingerprint density at radius 2 is 1.14 bits per heavy atom. The molecule has 0 amide bonds. The molecule has 10 heteroatoms. The topological polar surface area (TPSA) is 71.7 Å². The number of hydrogen-bond donors (Lipinski definition) is 0. The molecule has 3 aromatic carbocycles. The summed E-state index contributed by atoms with van der Waals surface area (Å²) < 4.78 is 23.4. The number of hydrogen-bond acceptors (Lipinski definition) is 5. The maximum absolute atomic E-state index is 13.9. The van der Waals surface area contributed by atoms with Crippen LogP contribution < -0.4 is 4.74 Å². The standard InChI is InChI=1S/C33H35Br3N2O5/c1-32(2,3)42-30(39)37-25-12-10-19(35)16-21(25)23-18-24-22-17-20(36)11-13-26(22)38(31(40)43-33(4,5)6)28(24)29(27(23)37)41-15-9-7-8-14-34/h10-13,16-18H,7-9,14-15H2,1-6H3. The summed E-state index contributed by atoms with van der Waals surface area (Å²) in [4.78, 5) is 27.8. The minimum absolute atomic E-state index is 0.403. The van der Waals surface area contributed by atoms with Crippen LogP contribution in [0, 0.1) is 0 Å². The predicted molar refractivity (Wildman–Crippen MR) is 184 cm³/mol. The normalized spacial score (nSPS) is 12.5. The van der Waals surface area contributed by atoms with E-state index in [9.17, 15) is 9.59 Å². The molecule has 0 bridgehead atoms. The Morgan fingerprint density at radius 1 is 0.674 bits per heavy atom. The molecule has 0 unspecified atom stereocenters. The Hall–Kier alpha value is -2.56. The van der Waals surface area contributed by atoms with Crippen LogP contribution in [0.15, 0.2) is 51.4 Å². The Bertz CT molecular complexity index is 1750. The van der Waals surface area contributed by atoms with Gasteiger partial charge in [0.15, 0.2) is 5.75 Å². The van der Waals surface area contributed by atoms with Crippen LogP contribution >= 0.6 is 47.8 Å². The average molecular weight is 779 g/mol. The Labute approximate surface area is 276 Å². The number of rotatable bonds is 6. The molecule has 0 fully saturated rings. The summed E-state index contributed by atoms with van der Waals surface area (Å²) >= 11 is 10.7. The van der Waals surface area contributed by atoms with Crippen molar-refractivity contribution in [2.45, 2.75) is 72.0 Å². The molecule has 43 heavy (non-hydrogen) atoms. The largest absolute Gasteiger partial charge is 0.489 e. The van der Waals surface area contributed by atoms with Crippen molar-refractivity contribution in [1.29, 1.82) is 0 Å². The summed E-state index contributed by atoms with van der Waals surface area (Å²) in [5.74, 6) is 0.433. The number of fused-ring (bicyclic) bond motifs is 6. The third kappa shape index (κ3) is 6.47. The van der Waals surface area contributed by atoms with Crippen LogP contribution in [0.2, 0.25) is 0 Å². The maximum Gasteiger partial charge on any atom is 0.419 e. The summed E-state index contributed by atoms with van der Waals surface area (Å²) in [6.45, 7) is 11.4. The summed E-state index contributed by atoms with van der Waals surface area (Å²) in [5, 5.41) is 4.25. The average Bonchev–Trinajstić information content (AvgIpc) is 3.38. The van der Waals surface area contributed by atoms with Gasteiger partial charge in [0.1, 0.15) is 22.2 Å². The summed E-state index contributed by atoms with van der Waals surface area (Å²) in [6.07, 6.45) is 1.73. The highest BCUT2D eigenvalue weighted by Crippen LogP contribution is 2.45. The van der Waals surface area contributed by atoms with Crippen molar-refractivity contribution in [3.8, 4) is 5.75 Å². The Kier molecular flexibility index (Phi) is 8.95. The van der Waals surface area contributed by atoms with Crippen LogP contribution in [0.1, 0.15) is 60.8 Å². The van der Waals surface area contributed by atoms with Crippen molar-refractivity contribution in [2.75, 3.05) is 11.9 Å². The first kappa shape index (κ1) is 31.9. The molecule has 0 atom stereocenters. The highest BCUT2D eigenvalue weighted by atomic mass is 79.9. The second kappa shape index (κ2) is 12.1. The van der Waals surface area contributed by atoms with Crippen LogP contribution in [-0.2, 0) is 9.47 Å². The lowest BCUT2D eigenvalue weighted by Crippen LogP contribution is -2.27. The van der Waals surface area contributed by atoms with Gasteiger partial charge >= 0.3 is 12.2 Å². The van der Waals surface area contributed by atoms with Crippen LogP contribution in [0.5, 0.6) is 5.75 Å². The fourth-order valence-electron chi connectivity index (χ4n) is 5.25. The zero-order chi connectivity index (χ0) is 31.3. The van der Waals surface area contributed by atoms with Crippen LogP contribution in [0.25, 0.3) is 43.6 Å². The molecular weight excluding hydrogens is 744 g/mol. The highest BCUT2D eigenvalue weighted by molar-refractivity contribution is 9.10. The minimum Gasteiger partial charge on any atom is -0.489 e. The van der Waals surface area contributed by atoms with Gasteiger partial charge in [0.2, 0.25) is 0 Å². The summed E-state index contributed by atoms with van der Waals surface area (Å²) in [7, 11) is 0. The number of aromatic nitrogens is 2. The van der Waals surface area contributed by atoms with Crippen LogP contribution in [-0.4, -0.2) is 44.5 Å². The predicted octanol–water partition coefficient (Wildman–Crippen LogP) is 10.9. The zero-order valence-electron chi connectivity index (χ0n) is 25.1. The van der Waals surface area contributed by atoms with Gasteiger partial charge in [-0.05, 0) is 103 Å². The molecule has 2 heterocycles. The summed E-state index contributed by atoms with van der Waals surface area (Å²) in [5.41, 5.74) is 0.989. The number of carbonyl (C=O) groups excluding carboxylic acids is 2. The molecule has 0 aliphatic carbocycles. The van der Waals surface area contributed by atoms with Gasteiger partial charge in [0, 0.05) is 35.8 Å². The number of benzene rings is 3. The van der Waals surface area contributed by atoms with Gasteiger partial charge in [-0.1, -0.05) is 47.8 Å². The molecule has 5 rings (SSSR count). The lowest BCUT2D eigenvalue weighted by atomic mass is 10.1. The number of alkyl halides is 1. The molecule has 0 aliphatic rings. The lowest BCUT2D eigenvalue weighted by Gasteiger charge is -2.22. The van der Waals surface area contributed by atoms with Crippen molar-refractivity contribution in [1.82, 2.24) is 9.13 Å². The third-order valence-electron chi connectivity index (χ3n) is 6.83. The molecule has 0 spiro atoms. The van der Waals surface area contributed by atoms with Gasteiger partial charge in [-0.15, -0.1) is 0 Å². The molecule has 5 aromatic rings. The van der Waals surface area contributed by atoms with Crippen LogP contribution in [0.4, 0.5) is 9.59 Å². The van der Waals surface area contributed by atoms with E-state index in [-0.39, 0.29) is 0 Å². The second-order valence-electron chi connectivity index (χ2n) is 12.6. The van der Waals surface area contributed by atoms with Gasteiger partial charge < -0.3 is 14.2 Å². The zero-order valence-corrected chi connectivity index (χ0v) is 29.9. The first-order chi connectivity index (χ1) is 20.2. The molecule has 0 saturated carbocycles. The smallest absolute Gasteiger partial charge is 0.419 e. The molecule has 0 aliphatic heterocycles. The monoisotopic (exact) mass is 776 g/mol. The van der Waals surface area contributed by atoms with Gasteiger partial charge in [-0.2, -0.15) is 0 Å². The third-order valence-corrected chi connectivity index (χ3v) is 8.38. The number of halogens is 3. The van der Waals surface area contributed by atoms with Crippen molar-refractivity contribution in [2.24, 2.45) is 0 Å². The second-order valence-corrected chi connectivity index (χ2v) is 15.2. The van der Waals surface area contributed by atoms with Gasteiger partial charge in [0.05, 0.1) is 17.6 Å². The number of nitrogens with zero attached hydrogens (tertiary/aromatic N) is 2. The van der Waals surface area contributed by atoms with Crippen molar-refractivity contribution in [3.05, 3.63) is 51.4 Å². The molecule has 0 N–H and O–H groups in total. The Morgan fingerprint density at radius 3 is 1.56 bits per heavy atom. The minimum atomic E-state index is -0.728. The van der Waals surface area contributed by atoms with E-state index in [0.717, 1.165) is 55.1 Å². The lowest BCUT2D eigenvalue weighted by molar-refractivity contribution is 0.0541. The van der Waals surface area contributed by atoms with Crippen molar-refractivity contribution in [3.63, 3.8) is 0 Å². The van der Waals surface area contributed by atoms with E-state index >= 15 is 0 Å². The van der Waals surface area contributed by atoms with E-state index in [1.165, 1.54) is 0 Å². The quantitative estimate of drug-likeness (QED) is 0.127. The maximum atomic E-state index is 13.9. The van der Waals surface area contributed by atoms with E-state index in [1.54, 1.807) is 9.13 Å². The Balaban J connectivity index is 1.95. The molecular formula is C33H35Br3N2O5. The van der Waals surface area contributed by atoms with Crippen LogP contribution in [0.3, 0.4) is 0 Å². The first-order valence-corrected chi connectivity index (χ1v) is 17.0. The molecule has 228 valence electrons. The highest BCUT2D eigenvalue weighted by Gasteiger charge is 2.31. The SMILES string of the molecule is CC(C)(C)OC(=O)n1c2ccc(Br)cc2c2cc3c4cc(Br)ccc4n(C(=O)OC(C)(C)C)c3c(OCCCCCBr)c21. The van der Waals surface area contributed by atoms with Crippen molar-refractivity contribution >= 4 is 104 Å². The molecule has 0 saturated heterocycles. The number of carbonyl (C=O) groups is 2. The molecule has 2 aromatic heterocycles. The van der Waals surface area contributed by atoms with Gasteiger partial charge in [-0.25, -0.2) is 18.7 Å². The fraction of sp³-hybridized carbons (Fsp3) is 0.394. The van der Waals surface area contributed by atoms with Gasteiger partial charge in [-0.3, -0.25) is 0 Å². The number of unbranched alkanes of at least 4 members (excludes halogenated alkanes) is 2. The van der Waals surface area contributed by atoms with E-state index in [0.29, 0.717) is 34.4 Å². The van der Waals surface area contributed by atoms with E-state index in [1.807, 2.05) is 84.0 Å². The van der Waals surface area contributed by atoms with Crippen molar-refractivity contribution < 1.29 is 23.8 Å². The van der Waals surface area contributed by atoms with E-state index in [4.69, 9.17) is 14.2 Å². The number of ether oxygens (including phenoxy) is 3. The molecule has 0 radical (unpaired) electrons. The van der Waals surface area contributed by atoms with E-state index < -0.39 is 23.4 Å². The van der Waals surface area contributed by atoms with Gasteiger partial charge in [0.25, 0.3) is 0 Å². The summed E-state index contributed by atoms with van der Waals surface area (Å²) in [6, 6.07) is 13.6. The fourth-order valence-corrected chi connectivity index (χ4v) is 6.37. The first-order valence-electron chi connectivity index (χ1n) is 14.3. The molecule has 7 nitrogen and oxygen atoms in total.